The third kappa shape index (κ3) is 3.18. The van der Waals surface area contributed by atoms with Gasteiger partial charge in [0.05, 0.1) is 0 Å². The molecule has 0 aliphatic rings. The molecule has 0 unspecified atom stereocenters. The first-order valence-corrected chi connectivity index (χ1v) is 6.52. The van der Waals surface area contributed by atoms with Crippen LogP contribution in [0.4, 0.5) is 0 Å². The third-order valence-corrected chi connectivity index (χ3v) is 3.93. The van der Waals surface area contributed by atoms with Crippen molar-refractivity contribution in [3.63, 3.8) is 0 Å². The Labute approximate surface area is 107 Å². The minimum Gasteiger partial charge on any atom is -0.409 e. The van der Waals surface area contributed by atoms with Crippen molar-refractivity contribution in [1.29, 1.82) is 0 Å². The number of benzene rings is 1. The summed E-state index contributed by atoms with van der Waals surface area (Å²) < 4.78 is 4.88. The zero-order chi connectivity index (χ0) is 12.1. The standard InChI is InChI=1S/C10H10N4OS2/c11-9(14-15)8-3-1-7(2-4-8)5-16-10-12-6-13-17-10/h1-4,6,15H,5H2,(H2,11,14). The maximum absolute atomic E-state index is 8.53. The second kappa shape index (κ2) is 5.65. The maximum Gasteiger partial charge on any atom is 0.170 e. The number of hydrogen-bond acceptors (Lipinski definition) is 6. The molecular formula is C10H10N4OS2. The molecule has 0 spiro atoms. The molecule has 0 aliphatic heterocycles. The molecule has 0 amide bonds. The zero-order valence-electron chi connectivity index (χ0n) is 8.78. The lowest BCUT2D eigenvalue weighted by molar-refractivity contribution is 0.318. The number of rotatable bonds is 4. The summed E-state index contributed by atoms with van der Waals surface area (Å²) in [6.45, 7) is 0. The van der Waals surface area contributed by atoms with Gasteiger partial charge >= 0.3 is 0 Å². The molecule has 0 radical (unpaired) electrons. The zero-order valence-corrected chi connectivity index (χ0v) is 10.4. The number of nitrogens with zero attached hydrogens (tertiary/aromatic N) is 3. The number of thioether (sulfide) groups is 1. The molecule has 0 fully saturated rings. The van der Waals surface area contributed by atoms with E-state index in [9.17, 15) is 0 Å². The predicted octanol–water partition coefficient (Wildman–Crippen LogP) is 1.92. The highest BCUT2D eigenvalue weighted by Gasteiger charge is 2.01. The molecule has 3 N–H and O–H groups in total. The van der Waals surface area contributed by atoms with Crippen molar-refractivity contribution in [2.45, 2.75) is 10.1 Å². The fourth-order valence-corrected chi connectivity index (χ4v) is 2.60. The summed E-state index contributed by atoms with van der Waals surface area (Å²) in [5.41, 5.74) is 7.33. The summed E-state index contributed by atoms with van der Waals surface area (Å²) in [4.78, 5) is 4.09. The number of hydrogen-bond donors (Lipinski definition) is 2. The van der Waals surface area contributed by atoms with Gasteiger partial charge in [0.2, 0.25) is 0 Å². The largest absolute Gasteiger partial charge is 0.409 e. The van der Waals surface area contributed by atoms with E-state index in [4.69, 9.17) is 10.9 Å². The Balaban J connectivity index is 1.99. The van der Waals surface area contributed by atoms with Gasteiger partial charge in [-0.2, -0.15) is 4.37 Å². The molecule has 1 heterocycles. The second-order valence-electron chi connectivity index (χ2n) is 3.18. The Morgan fingerprint density at radius 2 is 2.18 bits per heavy atom. The van der Waals surface area contributed by atoms with Crippen LogP contribution < -0.4 is 5.73 Å². The van der Waals surface area contributed by atoms with E-state index in [0.29, 0.717) is 5.56 Å². The number of aromatic nitrogens is 2. The van der Waals surface area contributed by atoms with Gasteiger partial charge in [0.25, 0.3) is 0 Å². The molecule has 0 bridgehead atoms. The summed E-state index contributed by atoms with van der Waals surface area (Å²) in [6.07, 6.45) is 1.55. The Morgan fingerprint density at radius 1 is 1.41 bits per heavy atom. The van der Waals surface area contributed by atoms with Crippen LogP contribution in [0.3, 0.4) is 0 Å². The predicted molar refractivity (Wildman–Crippen MR) is 68.4 cm³/mol. The molecule has 1 aromatic carbocycles. The monoisotopic (exact) mass is 266 g/mol. The first-order valence-electron chi connectivity index (χ1n) is 4.76. The summed E-state index contributed by atoms with van der Waals surface area (Å²) in [6, 6.07) is 7.54. The summed E-state index contributed by atoms with van der Waals surface area (Å²) in [7, 11) is 0. The van der Waals surface area contributed by atoms with E-state index in [0.717, 1.165) is 15.7 Å². The molecule has 88 valence electrons. The van der Waals surface area contributed by atoms with E-state index in [1.54, 1.807) is 18.1 Å². The van der Waals surface area contributed by atoms with Crippen molar-refractivity contribution in [1.82, 2.24) is 9.36 Å². The van der Waals surface area contributed by atoms with Gasteiger partial charge in [0, 0.05) is 11.3 Å². The van der Waals surface area contributed by atoms with E-state index < -0.39 is 0 Å². The normalized spacial score (nSPS) is 11.6. The van der Waals surface area contributed by atoms with E-state index >= 15 is 0 Å². The van der Waals surface area contributed by atoms with Gasteiger partial charge in [-0.15, -0.1) is 0 Å². The van der Waals surface area contributed by atoms with Crippen molar-refractivity contribution in [2.75, 3.05) is 0 Å². The van der Waals surface area contributed by atoms with Gasteiger partial charge < -0.3 is 10.9 Å². The first-order chi connectivity index (χ1) is 8.29. The molecule has 0 aliphatic carbocycles. The summed E-state index contributed by atoms with van der Waals surface area (Å²) in [5.74, 6) is 0.944. The minimum atomic E-state index is 0.119. The highest BCUT2D eigenvalue weighted by atomic mass is 32.2. The Morgan fingerprint density at radius 3 is 2.76 bits per heavy atom. The number of nitrogens with two attached hydrogens (primary N) is 1. The molecule has 2 rings (SSSR count). The van der Waals surface area contributed by atoms with E-state index in [2.05, 4.69) is 14.5 Å². The molecule has 2 aromatic rings. The Hall–Kier alpha value is -1.60. The van der Waals surface area contributed by atoms with Crippen LogP contribution in [0.1, 0.15) is 11.1 Å². The van der Waals surface area contributed by atoms with Crippen LogP contribution in [0, 0.1) is 0 Å². The van der Waals surface area contributed by atoms with Crippen LogP contribution in [0.25, 0.3) is 0 Å². The van der Waals surface area contributed by atoms with E-state index in [1.807, 2.05) is 24.3 Å². The molecular weight excluding hydrogens is 256 g/mol. The van der Waals surface area contributed by atoms with Gasteiger partial charge in [-0.05, 0) is 17.1 Å². The minimum absolute atomic E-state index is 0.119. The smallest absolute Gasteiger partial charge is 0.170 e. The molecule has 17 heavy (non-hydrogen) atoms. The lowest BCUT2D eigenvalue weighted by atomic mass is 10.1. The third-order valence-electron chi connectivity index (χ3n) is 2.06. The fraction of sp³-hybridized carbons (Fsp3) is 0.100. The average Bonchev–Trinajstić information content (AvgIpc) is 2.89. The van der Waals surface area contributed by atoms with Crippen LogP contribution in [-0.2, 0) is 5.75 Å². The van der Waals surface area contributed by atoms with Crippen molar-refractivity contribution in [3.05, 3.63) is 41.7 Å². The van der Waals surface area contributed by atoms with Crippen LogP contribution >= 0.6 is 23.3 Å². The molecule has 7 heteroatoms. The van der Waals surface area contributed by atoms with Gasteiger partial charge in [-0.3, -0.25) is 0 Å². The van der Waals surface area contributed by atoms with E-state index in [1.165, 1.54) is 11.5 Å². The molecule has 0 saturated heterocycles. The lowest BCUT2D eigenvalue weighted by Gasteiger charge is -2.01. The van der Waals surface area contributed by atoms with Crippen molar-refractivity contribution >= 4 is 29.1 Å². The summed E-state index contributed by atoms with van der Waals surface area (Å²) >= 11 is 3.02. The molecule has 5 nitrogen and oxygen atoms in total. The van der Waals surface area contributed by atoms with Gasteiger partial charge in [-0.25, -0.2) is 4.98 Å². The van der Waals surface area contributed by atoms with Crippen molar-refractivity contribution in [3.8, 4) is 0 Å². The first kappa shape index (κ1) is 11.9. The number of amidine groups is 1. The second-order valence-corrected chi connectivity index (χ2v) is 5.18. The molecule has 0 saturated carbocycles. The van der Waals surface area contributed by atoms with Crippen LogP contribution in [0.5, 0.6) is 0 Å². The van der Waals surface area contributed by atoms with E-state index in [-0.39, 0.29) is 5.84 Å². The van der Waals surface area contributed by atoms with Crippen LogP contribution in [-0.4, -0.2) is 20.4 Å². The average molecular weight is 266 g/mol. The van der Waals surface area contributed by atoms with Crippen molar-refractivity contribution < 1.29 is 5.21 Å². The fourth-order valence-electron chi connectivity index (χ4n) is 1.20. The highest BCUT2D eigenvalue weighted by molar-refractivity contribution is 8.00. The van der Waals surface area contributed by atoms with Crippen molar-refractivity contribution in [2.24, 2.45) is 10.9 Å². The quantitative estimate of drug-likeness (QED) is 0.290. The van der Waals surface area contributed by atoms with Gasteiger partial charge in [0.1, 0.15) is 6.33 Å². The highest BCUT2D eigenvalue weighted by Crippen LogP contribution is 2.23. The SMILES string of the molecule is NC(=NO)c1ccc(CSc2ncns2)cc1. The lowest BCUT2D eigenvalue weighted by Crippen LogP contribution is -2.12. The topological polar surface area (TPSA) is 84.4 Å². The van der Waals surface area contributed by atoms with Gasteiger partial charge in [0.15, 0.2) is 10.2 Å². The van der Waals surface area contributed by atoms with Gasteiger partial charge in [-0.1, -0.05) is 41.2 Å². The van der Waals surface area contributed by atoms with Crippen LogP contribution in [0.2, 0.25) is 0 Å². The van der Waals surface area contributed by atoms with Crippen LogP contribution in [0.15, 0.2) is 40.1 Å². The molecule has 0 atom stereocenters. The number of oxime groups is 1. The molecule has 1 aromatic heterocycles. The summed E-state index contributed by atoms with van der Waals surface area (Å²) in [5, 5.41) is 11.5. The maximum atomic E-state index is 8.53. The Kier molecular flexibility index (Phi) is 3.94. The Bertz CT molecular complexity index is 496.